The number of benzene rings is 1. The summed E-state index contributed by atoms with van der Waals surface area (Å²) in [6.07, 6.45) is 0. The van der Waals surface area contributed by atoms with E-state index in [4.69, 9.17) is 0 Å². The molecule has 4 nitrogen and oxygen atoms in total. The fourth-order valence-electron chi connectivity index (χ4n) is 2.39. The van der Waals surface area contributed by atoms with Gasteiger partial charge in [0, 0.05) is 32.2 Å². The second kappa shape index (κ2) is 6.12. The molecule has 1 unspecified atom stereocenters. The van der Waals surface area contributed by atoms with Crippen LogP contribution in [0.3, 0.4) is 0 Å². The lowest BCUT2D eigenvalue weighted by Gasteiger charge is -2.39. The van der Waals surface area contributed by atoms with Gasteiger partial charge >= 0.3 is 0 Å². The van der Waals surface area contributed by atoms with Gasteiger partial charge in [0.2, 0.25) is 0 Å². The van der Waals surface area contributed by atoms with Gasteiger partial charge in [-0.3, -0.25) is 9.69 Å². The molecule has 1 amide bonds. The van der Waals surface area contributed by atoms with Crippen molar-refractivity contribution in [2.45, 2.75) is 6.04 Å². The van der Waals surface area contributed by atoms with E-state index in [-0.39, 0.29) is 17.5 Å². The van der Waals surface area contributed by atoms with Crippen molar-refractivity contribution in [3.63, 3.8) is 0 Å². The van der Waals surface area contributed by atoms with E-state index in [1.165, 1.54) is 6.07 Å². The van der Waals surface area contributed by atoms with E-state index in [2.05, 4.69) is 10.2 Å². The lowest BCUT2D eigenvalue weighted by molar-refractivity contribution is 0.0545. The van der Waals surface area contributed by atoms with Gasteiger partial charge in [0.25, 0.3) is 5.91 Å². The van der Waals surface area contributed by atoms with E-state index in [9.17, 15) is 9.18 Å². The van der Waals surface area contributed by atoms with Crippen molar-refractivity contribution < 1.29 is 9.18 Å². The van der Waals surface area contributed by atoms with Crippen LogP contribution in [-0.4, -0.2) is 62.0 Å². The molecule has 0 aromatic heterocycles. The Morgan fingerprint density at radius 1 is 1.42 bits per heavy atom. The summed E-state index contributed by atoms with van der Waals surface area (Å²) < 4.78 is 13.6. The van der Waals surface area contributed by atoms with Crippen molar-refractivity contribution in [1.82, 2.24) is 15.1 Å². The Hall–Kier alpha value is -1.46. The molecule has 19 heavy (non-hydrogen) atoms. The van der Waals surface area contributed by atoms with Gasteiger partial charge in [0.15, 0.2) is 0 Å². The summed E-state index contributed by atoms with van der Waals surface area (Å²) in [5.41, 5.74) is 0.162. The molecule has 0 spiro atoms. The molecule has 1 aliphatic heterocycles. The van der Waals surface area contributed by atoms with Crippen LogP contribution in [0.1, 0.15) is 10.4 Å². The Kier molecular flexibility index (Phi) is 4.50. The number of carbonyl (C=O) groups excluding carboxylic acids is 1. The van der Waals surface area contributed by atoms with Gasteiger partial charge in [-0.25, -0.2) is 4.39 Å². The monoisotopic (exact) mass is 265 g/mol. The van der Waals surface area contributed by atoms with Crippen LogP contribution < -0.4 is 5.32 Å². The topological polar surface area (TPSA) is 35.6 Å². The number of amides is 1. The maximum atomic E-state index is 13.6. The molecule has 1 heterocycles. The maximum Gasteiger partial charge on any atom is 0.256 e. The Morgan fingerprint density at radius 3 is 2.84 bits per heavy atom. The average molecular weight is 265 g/mol. The van der Waals surface area contributed by atoms with Crippen molar-refractivity contribution in [2.24, 2.45) is 0 Å². The first kappa shape index (κ1) is 14.0. The number of carbonyl (C=O) groups is 1. The van der Waals surface area contributed by atoms with Gasteiger partial charge in [-0.2, -0.15) is 0 Å². The van der Waals surface area contributed by atoms with E-state index < -0.39 is 5.82 Å². The molecule has 1 N–H and O–H groups in total. The predicted molar refractivity (Wildman–Crippen MR) is 72.6 cm³/mol. The SMILES string of the molecule is CNCC1CN(C(=O)c2ccccc2F)CCN1C. The van der Waals surface area contributed by atoms with Gasteiger partial charge < -0.3 is 10.2 Å². The predicted octanol–water partition coefficient (Wildman–Crippen LogP) is 0.801. The largest absolute Gasteiger partial charge is 0.336 e. The summed E-state index contributed by atoms with van der Waals surface area (Å²) in [6.45, 7) is 2.90. The molecule has 104 valence electrons. The third kappa shape index (κ3) is 3.11. The standard InChI is InChI=1S/C14H20FN3O/c1-16-9-11-10-18(8-7-17(11)2)14(19)12-5-3-4-6-13(12)15/h3-6,11,16H,7-10H2,1-2H3. The lowest BCUT2D eigenvalue weighted by Crippen LogP contribution is -2.56. The molecule has 5 heteroatoms. The molecular formula is C14H20FN3O. The maximum absolute atomic E-state index is 13.6. The average Bonchev–Trinajstić information content (AvgIpc) is 2.41. The third-order valence-electron chi connectivity index (χ3n) is 3.61. The normalized spacial score (nSPS) is 20.6. The number of hydrogen-bond acceptors (Lipinski definition) is 3. The first-order chi connectivity index (χ1) is 9.13. The zero-order chi connectivity index (χ0) is 13.8. The highest BCUT2D eigenvalue weighted by Gasteiger charge is 2.28. The zero-order valence-corrected chi connectivity index (χ0v) is 11.4. The number of nitrogens with zero attached hydrogens (tertiary/aromatic N) is 2. The van der Waals surface area contributed by atoms with Crippen LogP contribution >= 0.6 is 0 Å². The van der Waals surface area contributed by atoms with Crippen LogP contribution in [0.2, 0.25) is 0 Å². The van der Waals surface area contributed by atoms with Gasteiger partial charge in [-0.1, -0.05) is 12.1 Å². The molecular weight excluding hydrogens is 245 g/mol. The van der Waals surface area contributed by atoms with E-state index in [0.717, 1.165) is 13.1 Å². The summed E-state index contributed by atoms with van der Waals surface area (Å²) in [5.74, 6) is -0.663. The van der Waals surface area contributed by atoms with Crippen LogP contribution in [-0.2, 0) is 0 Å². The van der Waals surface area contributed by atoms with Crippen LogP contribution in [0.5, 0.6) is 0 Å². The van der Waals surface area contributed by atoms with Crippen LogP contribution in [0.25, 0.3) is 0 Å². The second-order valence-corrected chi connectivity index (χ2v) is 4.92. The number of rotatable bonds is 3. The lowest BCUT2D eigenvalue weighted by atomic mass is 10.1. The van der Waals surface area contributed by atoms with Crippen molar-refractivity contribution in [2.75, 3.05) is 40.3 Å². The Balaban J connectivity index is 2.10. The first-order valence-corrected chi connectivity index (χ1v) is 6.52. The minimum absolute atomic E-state index is 0.162. The van der Waals surface area contributed by atoms with Crippen molar-refractivity contribution in [1.29, 1.82) is 0 Å². The molecule has 0 bridgehead atoms. The molecule has 2 rings (SSSR count). The fraction of sp³-hybridized carbons (Fsp3) is 0.500. The van der Waals surface area contributed by atoms with Crippen molar-refractivity contribution >= 4 is 5.91 Å². The minimum Gasteiger partial charge on any atom is -0.336 e. The summed E-state index contributed by atoms with van der Waals surface area (Å²) >= 11 is 0. The molecule has 0 saturated carbocycles. The van der Waals surface area contributed by atoms with Crippen molar-refractivity contribution in [3.05, 3.63) is 35.6 Å². The molecule has 1 saturated heterocycles. The third-order valence-corrected chi connectivity index (χ3v) is 3.61. The number of halogens is 1. The number of piperazine rings is 1. The highest BCUT2D eigenvalue weighted by Crippen LogP contribution is 2.14. The number of likely N-dealkylation sites (N-methyl/N-ethyl adjacent to an activating group) is 2. The van der Waals surface area contributed by atoms with Gasteiger partial charge in [-0.05, 0) is 26.2 Å². The van der Waals surface area contributed by atoms with Crippen LogP contribution in [0.15, 0.2) is 24.3 Å². The van der Waals surface area contributed by atoms with E-state index >= 15 is 0 Å². The Bertz CT molecular complexity index is 452. The smallest absolute Gasteiger partial charge is 0.256 e. The van der Waals surface area contributed by atoms with E-state index in [1.807, 2.05) is 14.1 Å². The summed E-state index contributed by atoms with van der Waals surface area (Å²) in [6, 6.07) is 6.43. The summed E-state index contributed by atoms with van der Waals surface area (Å²) in [4.78, 5) is 16.3. The number of nitrogens with one attached hydrogen (secondary N) is 1. The fourth-order valence-corrected chi connectivity index (χ4v) is 2.39. The Morgan fingerprint density at radius 2 is 2.16 bits per heavy atom. The number of hydrogen-bond donors (Lipinski definition) is 1. The van der Waals surface area contributed by atoms with E-state index in [0.29, 0.717) is 13.1 Å². The second-order valence-electron chi connectivity index (χ2n) is 4.92. The van der Waals surface area contributed by atoms with Crippen molar-refractivity contribution in [3.8, 4) is 0 Å². The Labute approximate surface area is 113 Å². The quantitative estimate of drug-likeness (QED) is 0.878. The van der Waals surface area contributed by atoms with E-state index in [1.54, 1.807) is 23.1 Å². The molecule has 0 aliphatic carbocycles. The molecule has 1 fully saturated rings. The minimum atomic E-state index is -0.448. The summed E-state index contributed by atoms with van der Waals surface area (Å²) in [5, 5.41) is 3.12. The highest BCUT2D eigenvalue weighted by molar-refractivity contribution is 5.94. The summed E-state index contributed by atoms with van der Waals surface area (Å²) in [7, 11) is 3.94. The van der Waals surface area contributed by atoms with Crippen LogP contribution in [0.4, 0.5) is 4.39 Å². The zero-order valence-electron chi connectivity index (χ0n) is 11.4. The van der Waals surface area contributed by atoms with Gasteiger partial charge in [0.05, 0.1) is 5.56 Å². The highest BCUT2D eigenvalue weighted by atomic mass is 19.1. The molecule has 0 radical (unpaired) electrons. The van der Waals surface area contributed by atoms with Crippen LogP contribution in [0, 0.1) is 5.82 Å². The molecule has 1 aliphatic rings. The molecule has 1 atom stereocenters. The van der Waals surface area contributed by atoms with Gasteiger partial charge in [-0.15, -0.1) is 0 Å². The molecule has 1 aromatic carbocycles. The molecule has 1 aromatic rings. The van der Waals surface area contributed by atoms with Gasteiger partial charge in [0.1, 0.15) is 5.82 Å². The first-order valence-electron chi connectivity index (χ1n) is 6.52.